The van der Waals surface area contributed by atoms with Crippen LogP contribution in [0.4, 0.5) is 5.69 Å². The highest BCUT2D eigenvalue weighted by atomic mass is 32.1. The van der Waals surface area contributed by atoms with Gasteiger partial charge in [0.2, 0.25) is 5.91 Å². The van der Waals surface area contributed by atoms with Gasteiger partial charge in [0.25, 0.3) is 0 Å². The second kappa shape index (κ2) is 9.88. The number of hydrogen-bond donors (Lipinski definition) is 3. The van der Waals surface area contributed by atoms with Gasteiger partial charge >= 0.3 is 5.76 Å². The van der Waals surface area contributed by atoms with Gasteiger partial charge in [0.15, 0.2) is 10.7 Å². The van der Waals surface area contributed by atoms with Gasteiger partial charge in [-0.15, -0.1) is 0 Å². The number of amides is 1. The van der Waals surface area contributed by atoms with Crippen LogP contribution in [0.3, 0.4) is 0 Å². The molecule has 0 aliphatic carbocycles. The fourth-order valence-electron chi connectivity index (χ4n) is 2.93. The van der Waals surface area contributed by atoms with Gasteiger partial charge in [-0.2, -0.15) is 0 Å². The summed E-state index contributed by atoms with van der Waals surface area (Å²) in [7, 11) is 0. The number of para-hydroxylation sites is 2. The van der Waals surface area contributed by atoms with Gasteiger partial charge in [0.1, 0.15) is 0 Å². The molecule has 0 unspecified atom stereocenters. The van der Waals surface area contributed by atoms with E-state index in [1.807, 2.05) is 18.2 Å². The molecular formula is C21H24N4O3S. The summed E-state index contributed by atoms with van der Waals surface area (Å²) in [6.07, 6.45) is 3.49. The van der Waals surface area contributed by atoms with Gasteiger partial charge in [-0.05, 0) is 54.9 Å². The first-order valence-electron chi connectivity index (χ1n) is 9.60. The lowest BCUT2D eigenvalue weighted by Gasteiger charge is -2.12. The smallest absolute Gasteiger partial charge is 0.408 e. The lowest BCUT2D eigenvalue weighted by Crippen LogP contribution is -2.44. The summed E-state index contributed by atoms with van der Waals surface area (Å²) in [5.74, 6) is -0.771. The number of nitrogens with one attached hydrogen (secondary N) is 3. The van der Waals surface area contributed by atoms with Crippen LogP contribution in [0.2, 0.25) is 0 Å². The number of hydrogen-bond acceptors (Lipinski definition) is 4. The number of fused-ring (bicyclic) bond motifs is 1. The van der Waals surface area contributed by atoms with Gasteiger partial charge in [-0.25, -0.2) is 4.79 Å². The molecule has 152 valence electrons. The van der Waals surface area contributed by atoms with Crippen LogP contribution in [-0.2, 0) is 17.8 Å². The number of aryl methyl sites for hydroxylation is 2. The Morgan fingerprint density at radius 1 is 1.10 bits per heavy atom. The predicted molar refractivity (Wildman–Crippen MR) is 118 cm³/mol. The third kappa shape index (κ3) is 5.68. The molecular weight excluding hydrogens is 388 g/mol. The maximum Gasteiger partial charge on any atom is 0.419 e. The molecule has 1 heterocycles. The zero-order chi connectivity index (χ0) is 20.6. The number of rotatable bonds is 7. The number of aromatic nitrogens is 1. The third-order valence-electron chi connectivity index (χ3n) is 4.48. The highest BCUT2D eigenvalue weighted by Crippen LogP contribution is 2.12. The van der Waals surface area contributed by atoms with Crippen molar-refractivity contribution in [3.63, 3.8) is 0 Å². The summed E-state index contributed by atoms with van der Waals surface area (Å²) in [5, 5.41) is 3.30. The molecule has 3 aromatic rings. The minimum Gasteiger partial charge on any atom is -0.408 e. The van der Waals surface area contributed by atoms with Gasteiger partial charge in [0, 0.05) is 18.7 Å². The Balaban J connectivity index is 1.44. The van der Waals surface area contributed by atoms with E-state index < -0.39 is 5.76 Å². The zero-order valence-corrected chi connectivity index (χ0v) is 17.1. The minimum atomic E-state index is -0.480. The number of unbranched alkanes of at least 4 members (excludes halogenated alkanes) is 1. The van der Waals surface area contributed by atoms with Crippen molar-refractivity contribution >= 4 is 40.0 Å². The highest BCUT2D eigenvalue weighted by Gasteiger charge is 2.10. The monoisotopic (exact) mass is 412 g/mol. The normalized spacial score (nSPS) is 10.7. The summed E-state index contributed by atoms with van der Waals surface area (Å²) >= 11 is 5.20. The lowest BCUT2D eigenvalue weighted by atomic mass is 10.1. The van der Waals surface area contributed by atoms with E-state index in [0.717, 1.165) is 12.1 Å². The molecule has 3 rings (SSSR count). The van der Waals surface area contributed by atoms with Crippen LogP contribution < -0.4 is 21.9 Å². The van der Waals surface area contributed by atoms with E-state index in [9.17, 15) is 9.59 Å². The number of nitrogens with zero attached hydrogens (tertiary/aromatic N) is 1. The lowest BCUT2D eigenvalue weighted by molar-refractivity contribution is -0.121. The van der Waals surface area contributed by atoms with E-state index >= 15 is 0 Å². The Morgan fingerprint density at radius 3 is 2.62 bits per heavy atom. The summed E-state index contributed by atoms with van der Waals surface area (Å²) in [6, 6.07) is 15.1. The first kappa shape index (κ1) is 20.6. The van der Waals surface area contributed by atoms with Crippen molar-refractivity contribution in [3.05, 3.63) is 64.6 Å². The Labute approximate surface area is 174 Å². The molecule has 0 fully saturated rings. The zero-order valence-electron chi connectivity index (χ0n) is 16.2. The minimum absolute atomic E-state index is 0.102. The van der Waals surface area contributed by atoms with Crippen molar-refractivity contribution in [2.24, 2.45) is 0 Å². The molecule has 29 heavy (non-hydrogen) atoms. The molecule has 2 aromatic carbocycles. The molecule has 0 saturated carbocycles. The van der Waals surface area contributed by atoms with E-state index in [1.165, 1.54) is 23.0 Å². The number of oxazole rings is 1. The van der Waals surface area contributed by atoms with E-state index in [4.69, 9.17) is 16.6 Å². The van der Waals surface area contributed by atoms with Crippen LogP contribution in [0.25, 0.3) is 11.1 Å². The molecule has 0 spiro atoms. The Morgan fingerprint density at radius 2 is 1.86 bits per heavy atom. The number of carbonyl (C=O) groups excluding carboxylic acids is 1. The van der Waals surface area contributed by atoms with E-state index in [-0.39, 0.29) is 24.0 Å². The quantitative estimate of drug-likeness (QED) is 0.407. The number of carbonyl (C=O) groups is 1. The summed E-state index contributed by atoms with van der Waals surface area (Å²) in [5.41, 5.74) is 8.50. The summed E-state index contributed by atoms with van der Waals surface area (Å²) < 4.78 is 6.59. The molecule has 0 radical (unpaired) electrons. The van der Waals surface area contributed by atoms with E-state index in [2.05, 4.69) is 35.2 Å². The van der Waals surface area contributed by atoms with Crippen molar-refractivity contribution in [1.29, 1.82) is 0 Å². The van der Waals surface area contributed by atoms with Crippen LogP contribution in [-0.4, -0.2) is 15.6 Å². The highest BCUT2D eigenvalue weighted by molar-refractivity contribution is 7.80. The number of hydrazine groups is 1. The first-order valence-corrected chi connectivity index (χ1v) is 10.0. The Kier molecular flexibility index (Phi) is 7.02. The van der Waals surface area contributed by atoms with E-state index in [0.29, 0.717) is 11.1 Å². The Hall–Kier alpha value is -3.13. The molecule has 1 aromatic heterocycles. The molecule has 3 N–H and O–H groups in total. The van der Waals surface area contributed by atoms with Crippen LogP contribution in [0.1, 0.15) is 31.7 Å². The van der Waals surface area contributed by atoms with E-state index in [1.54, 1.807) is 18.2 Å². The second-order valence-electron chi connectivity index (χ2n) is 6.67. The third-order valence-corrected chi connectivity index (χ3v) is 4.69. The summed E-state index contributed by atoms with van der Waals surface area (Å²) in [6.45, 7) is 2.38. The molecule has 0 bridgehead atoms. The largest absolute Gasteiger partial charge is 0.419 e. The number of anilines is 1. The maximum atomic E-state index is 12.1. The van der Waals surface area contributed by atoms with Crippen LogP contribution in [0.5, 0.6) is 0 Å². The molecule has 1 amide bonds. The molecule has 0 aliphatic heterocycles. The van der Waals surface area contributed by atoms with Crippen LogP contribution in [0.15, 0.2) is 57.7 Å². The topological polar surface area (TPSA) is 88.3 Å². The standard InChI is InChI=1S/C21H24N4O3S/c1-2-3-6-15-9-11-16(12-10-15)22-20(29)24-23-19(26)13-14-25-17-7-4-5-8-18(17)28-21(25)27/h4-5,7-12H,2-3,6,13-14H2,1H3,(H,23,26)(H2,22,24,29). The number of benzene rings is 2. The van der Waals surface area contributed by atoms with Crippen molar-refractivity contribution in [1.82, 2.24) is 15.4 Å². The van der Waals surface area contributed by atoms with Crippen molar-refractivity contribution in [3.8, 4) is 0 Å². The second-order valence-corrected chi connectivity index (χ2v) is 7.07. The van der Waals surface area contributed by atoms with Gasteiger partial charge < -0.3 is 9.73 Å². The van der Waals surface area contributed by atoms with Crippen LogP contribution >= 0.6 is 12.2 Å². The fraction of sp³-hybridized carbons (Fsp3) is 0.286. The molecule has 0 atom stereocenters. The average Bonchev–Trinajstić information content (AvgIpc) is 3.05. The predicted octanol–water partition coefficient (Wildman–Crippen LogP) is 3.35. The van der Waals surface area contributed by atoms with Crippen molar-refractivity contribution < 1.29 is 9.21 Å². The summed E-state index contributed by atoms with van der Waals surface area (Å²) in [4.78, 5) is 24.0. The molecule has 7 nitrogen and oxygen atoms in total. The van der Waals surface area contributed by atoms with Gasteiger partial charge in [-0.3, -0.25) is 20.2 Å². The Bertz CT molecular complexity index is 1040. The van der Waals surface area contributed by atoms with Crippen molar-refractivity contribution in [2.45, 2.75) is 39.2 Å². The SMILES string of the molecule is CCCCc1ccc(NC(=S)NNC(=O)CCn2c(=O)oc3ccccc32)cc1. The van der Waals surface area contributed by atoms with Crippen LogP contribution in [0, 0.1) is 0 Å². The fourth-order valence-corrected chi connectivity index (χ4v) is 3.09. The number of thiocarbonyl (C=S) groups is 1. The van der Waals surface area contributed by atoms with Crippen molar-refractivity contribution in [2.75, 3.05) is 5.32 Å². The molecule has 8 heteroatoms. The van der Waals surface area contributed by atoms with Gasteiger partial charge in [-0.1, -0.05) is 37.6 Å². The molecule has 0 aliphatic rings. The van der Waals surface area contributed by atoms with Gasteiger partial charge in [0.05, 0.1) is 5.52 Å². The molecule has 0 saturated heterocycles. The maximum absolute atomic E-state index is 12.1. The first-order chi connectivity index (χ1) is 14.1. The average molecular weight is 413 g/mol.